The van der Waals surface area contributed by atoms with Crippen molar-refractivity contribution in [3.63, 3.8) is 0 Å². The maximum absolute atomic E-state index is 11.2. The van der Waals surface area contributed by atoms with Gasteiger partial charge in [-0.25, -0.2) is 4.98 Å². The third kappa shape index (κ3) is 3.50. The van der Waals surface area contributed by atoms with E-state index in [1.54, 1.807) is 10.7 Å². The van der Waals surface area contributed by atoms with Crippen LogP contribution in [-0.2, 0) is 10.2 Å². The Hall–Kier alpha value is -3.40. The Morgan fingerprint density at radius 3 is 2.50 bits per heavy atom. The molecule has 0 unspecified atom stereocenters. The summed E-state index contributed by atoms with van der Waals surface area (Å²) in [5.74, 6) is -0.250. The van der Waals surface area contributed by atoms with Gasteiger partial charge >= 0.3 is 5.97 Å². The molecule has 1 aliphatic rings. The van der Waals surface area contributed by atoms with Crippen LogP contribution in [0.1, 0.15) is 56.7 Å². The summed E-state index contributed by atoms with van der Waals surface area (Å²) in [7, 11) is 0. The van der Waals surface area contributed by atoms with Crippen LogP contribution >= 0.6 is 0 Å². The van der Waals surface area contributed by atoms with Crippen LogP contribution < -0.4 is 5.73 Å². The lowest BCUT2D eigenvalue weighted by Gasteiger charge is -2.25. The molecule has 0 amide bonds. The van der Waals surface area contributed by atoms with E-state index in [9.17, 15) is 15.2 Å². The Kier molecular flexibility index (Phi) is 4.94. The lowest BCUT2D eigenvalue weighted by Crippen LogP contribution is -2.21. The molecule has 1 aromatic carbocycles. The Labute approximate surface area is 175 Å². The molecule has 4 rings (SSSR count). The van der Waals surface area contributed by atoms with Gasteiger partial charge in [-0.05, 0) is 50.7 Å². The smallest absolute Gasteiger partial charge is 0.306 e. The van der Waals surface area contributed by atoms with Gasteiger partial charge in [0.2, 0.25) is 0 Å². The standard InChI is InChI=1S/C23H25N5O2/c1-23(2,13-24)17-9-7-14(8-10-17)18-12-26-28-20(25)11-19(27-21(18)28)15-3-5-16(6-4-15)22(29)30/h7-12,15-16H,3-6,25H2,1-2H3,(H,29,30). The van der Waals surface area contributed by atoms with Crippen molar-refractivity contribution in [2.45, 2.75) is 50.9 Å². The normalized spacial score (nSPS) is 19.5. The predicted molar refractivity (Wildman–Crippen MR) is 114 cm³/mol. The molecule has 30 heavy (non-hydrogen) atoms. The number of nitrogen functional groups attached to an aromatic ring is 1. The molecule has 0 radical (unpaired) electrons. The molecule has 0 saturated heterocycles. The first kappa shape index (κ1) is 19.9. The summed E-state index contributed by atoms with van der Waals surface area (Å²) >= 11 is 0. The number of hydrogen-bond donors (Lipinski definition) is 2. The average molecular weight is 403 g/mol. The van der Waals surface area contributed by atoms with Gasteiger partial charge < -0.3 is 10.8 Å². The van der Waals surface area contributed by atoms with E-state index in [1.165, 1.54) is 0 Å². The molecule has 7 heteroatoms. The number of carboxylic acids is 1. The fraction of sp³-hybridized carbons (Fsp3) is 0.391. The van der Waals surface area contributed by atoms with E-state index in [-0.39, 0.29) is 11.8 Å². The number of rotatable bonds is 4. The highest BCUT2D eigenvalue weighted by molar-refractivity contribution is 5.78. The predicted octanol–water partition coefficient (Wildman–Crippen LogP) is 4.14. The van der Waals surface area contributed by atoms with Crippen molar-refractivity contribution in [2.75, 3.05) is 5.73 Å². The number of aliphatic carboxylic acids is 1. The van der Waals surface area contributed by atoms with E-state index in [0.717, 1.165) is 35.2 Å². The van der Waals surface area contributed by atoms with Crippen LogP contribution in [0.3, 0.4) is 0 Å². The number of carboxylic acid groups (broad SMARTS) is 1. The van der Waals surface area contributed by atoms with Gasteiger partial charge in [0.05, 0.1) is 23.6 Å². The van der Waals surface area contributed by atoms with Gasteiger partial charge in [0, 0.05) is 23.2 Å². The van der Waals surface area contributed by atoms with E-state index in [2.05, 4.69) is 11.2 Å². The topological polar surface area (TPSA) is 117 Å². The molecule has 0 atom stereocenters. The number of anilines is 1. The second-order valence-corrected chi connectivity index (χ2v) is 8.60. The number of fused-ring (bicyclic) bond motifs is 1. The van der Waals surface area contributed by atoms with Gasteiger partial charge in [0.1, 0.15) is 5.82 Å². The van der Waals surface area contributed by atoms with Crippen LogP contribution in [0.2, 0.25) is 0 Å². The SMILES string of the molecule is CC(C)(C#N)c1ccc(-c2cnn3c(N)cc(C4CCC(C(=O)O)CC4)nc23)cc1. The summed E-state index contributed by atoms with van der Waals surface area (Å²) < 4.78 is 1.63. The monoisotopic (exact) mass is 403 g/mol. The molecule has 3 aromatic rings. The van der Waals surface area contributed by atoms with Gasteiger partial charge in [-0.3, -0.25) is 4.79 Å². The zero-order chi connectivity index (χ0) is 21.5. The molecule has 2 heterocycles. The second-order valence-electron chi connectivity index (χ2n) is 8.60. The van der Waals surface area contributed by atoms with Crippen molar-refractivity contribution in [2.24, 2.45) is 5.92 Å². The van der Waals surface area contributed by atoms with Gasteiger partial charge in [-0.2, -0.15) is 14.9 Å². The minimum atomic E-state index is -0.711. The maximum Gasteiger partial charge on any atom is 0.306 e. The largest absolute Gasteiger partial charge is 0.481 e. The number of aromatic nitrogens is 3. The molecule has 1 saturated carbocycles. The molecule has 1 aliphatic carbocycles. The van der Waals surface area contributed by atoms with Gasteiger partial charge in [-0.1, -0.05) is 24.3 Å². The lowest BCUT2D eigenvalue weighted by atomic mass is 9.80. The van der Waals surface area contributed by atoms with E-state index >= 15 is 0 Å². The summed E-state index contributed by atoms with van der Waals surface area (Å²) in [6.07, 6.45) is 4.67. The first-order valence-corrected chi connectivity index (χ1v) is 10.2. The summed E-state index contributed by atoms with van der Waals surface area (Å²) in [6.45, 7) is 3.79. The number of hydrogen-bond acceptors (Lipinski definition) is 5. The number of benzene rings is 1. The molecule has 0 aliphatic heterocycles. The van der Waals surface area contributed by atoms with E-state index in [4.69, 9.17) is 10.7 Å². The Balaban J connectivity index is 1.68. The zero-order valence-corrected chi connectivity index (χ0v) is 17.2. The molecular weight excluding hydrogens is 378 g/mol. The highest BCUT2D eigenvalue weighted by atomic mass is 16.4. The number of carbonyl (C=O) groups is 1. The van der Waals surface area contributed by atoms with Crippen LogP contribution in [0.25, 0.3) is 16.8 Å². The van der Waals surface area contributed by atoms with Crippen molar-refractivity contribution >= 4 is 17.4 Å². The molecule has 0 bridgehead atoms. The summed E-state index contributed by atoms with van der Waals surface area (Å²) in [4.78, 5) is 16.1. The summed E-state index contributed by atoms with van der Waals surface area (Å²) in [6, 6.07) is 12.1. The van der Waals surface area contributed by atoms with Crippen molar-refractivity contribution in [3.8, 4) is 17.2 Å². The molecule has 3 N–H and O–H groups in total. The second kappa shape index (κ2) is 7.45. The Morgan fingerprint density at radius 1 is 1.23 bits per heavy atom. The van der Waals surface area contributed by atoms with Crippen LogP contribution in [0, 0.1) is 17.2 Å². The zero-order valence-electron chi connectivity index (χ0n) is 17.2. The minimum Gasteiger partial charge on any atom is -0.481 e. The number of nitrogens with zero attached hydrogens (tertiary/aromatic N) is 4. The van der Waals surface area contributed by atoms with Gasteiger partial charge in [-0.15, -0.1) is 0 Å². The minimum absolute atomic E-state index is 0.203. The maximum atomic E-state index is 11.2. The fourth-order valence-corrected chi connectivity index (χ4v) is 4.19. The first-order valence-electron chi connectivity index (χ1n) is 10.2. The highest BCUT2D eigenvalue weighted by Crippen LogP contribution is 2.37. The van der Waals surface area contributed by atoms with Crippen molar-refractivity contribution in [1.29, 1.82) is 5.26 Å². The van der Waals surface area contributed by atoms with Gasteiger partial charge in [0.25, 0.3) is 0 Å². The van der Waals surface area contributed by atoms with Crippen molar-refractivity contribution in [1.82, 2.24) is 14.6 Å². The summed E-state index contributed by atoms with van der Waals surface area (Å²) in [5.41, 5.74) is 10.1. The lowest BCUT2D eigenvalue weighted by molar-refractivity contribution is -0.142. The third-order valence-electron chi connectivity index (χ3n) is 6.21. The van der Waals surface area contributed by atoms with Crippen LogP contribution in [0.4, 0.5) is 5.82 Å². The van der Waals surface area contributed by atoms with Gasteiger partial charge in [0.15, 0.2) is 5.65 Å². The molecule has 154 valence electrons. The molecular formula is C23H25N5O2. The van der Waals surface area contributed by atoms with Crippen LogP contribution in [0.5, 0.6) is 0 Å². The average Bonchev–Trinajstić information content (AvgIpc) is 3.18. The van der Waals surface area contributed by atoms with E-state index in [0.29, 0.717) is 24.3 Å². The van der Waals surface area contributed by atoms with E-state index < -0.39 is 11.4 Å². The van der Waals surface area contributed by atoms with Crippen LogP contribution in [0.15, 0.2) is 36.5 Å². The Morgan fingerprint density at radius 2 is 1.90 bits per heavy atom. The number of nitrogens with two attached hydrogens (primary N) is 1. The quantitative estimate of drug-likeness (QED) is 0.676. The van der Waals surface area contributed by atoms with Crippen molar-refractivity contribution in [3.05, 3.63) is 47.8 Å². The molecule has 7 nitrogen and oxygen atoms in total. The molecule has 0 spiro atoms. The van der Waals surface area contributed by atoms with Crippen LogP contribution in [-0.4, -0.2) is 25.7 Å². The van der Waals surface area contributed by atoms with Crippen molar-refractivity contribution < 1.29 is 9.90 Å². The molecule has 2 aromatic heterocycles. The fourth-order valence-electron chi connectivity index (χ4n) is 4.19. The number of nitriles is 1. The first-order chi connectivity index (χ1) is 14.3. The highest BCUT2D eigenvalue weighted by Gasteiger charge is 2.28. The van der Waals surface area contributed by atoms with E-state index in [1.807, 2.05) is 44.2 Å². The Bertz CT molecular complexity index is 1130. The molecule has 1 fully saturated rings. The summed E-state index contributed by atoms with van der Waals surface area (Å²) in [5, 5.41) is 23.0. The third-order valence-corrected chi connectivity index (χ3v) is 6.21.